The molecule has 2 heterocycles. The van der Waals surface area contributed by atoms with Crippen molar-refractivity contribution >= 4 is 17.4 Å². The molecule has 0 spiro atoms. The Labute approximate surface area is 160 Å². The summed E-state index contributed by atoms with van der Waals surface area (Å²) in [7, 11) is 0. The van der Waals surface area contributed by atoms with E-state index in [0.29, 0.717) is 23.6 Å². The van der Waals surface area contributed by atoms with Crippen LogP contribution in [0.15, 0.2) is 54.9 Å². The van der Waals surface area contributed by atoms with Gasteiger partial charge in [-0.2, -0.15) is 5.26 Å². The second-order valence-electron chi connectivity index (χ2n) is 5.97. The van der Waals surface area contributed by atoms with Crippen LogP contribution in [0.1, 0.15) is 21.6 Å². The number of hydrogen-bond acceptors (Lipinski definition) is 7. The molecule has 1 aliphatic rings. The number of nitrogens with zero attached hydrogens (tertiary/aromatic N) is 3. The fourth-order valence-electron chi connectivity index (χ4n) is 2.64. The molecule has 3 aromatic rings. The number of aromatic nitrogens is 2. The zero-order chi connectivity index (χ0) is 19.3. The van der Waals surface area contributed by atoms with Gasteiger partial charge >= 0.3 is 0 Å². The topological polar surface area (TPSA) is 109 Å². The Balaban J connectivity index is 1.36. The van der Waals surface area contributed by atoms with Gasteiger partial charge in [0.25, 0.3) is 5.91 Å². The average Bonchev–Trinajstić information content (AvgIpc) is 3.20. The Morgan fingerprint density at radius 2 is 2.00 bits per heavy atom. The van der Waals surface area contributed by atoms with Crippen LogP contribution in [0.2, 0.25) is 0 Å². The monoisotopic (exact) mass is 373 g/mol. The molecule has 8 nitrogen and oxygen atoms in total. The predicted molar refractivity (Wildman–Crippen MR) is 101 cm³/mol. The summed E-state index contributed by atoms with van der Waals surface area (Å²) in [6.07, 6.45) is 2.89. The zero-order valence-corrected chi connectivity index (χ0v) is 14.7. The lowest BCUT2D eigenvalue weighted by atomic mass is 10.2. The second-order valence-corrected chi connectivity index (χ2v) is 5.97. The molecule has 28 heavy (non-hydrogen) atoms. The lowest BCUT2D eigenvalue weighted by Gasteiger charge is -2.08. The minimum absolute atomic E-state index is 0.177. The minimum atomic E-state index is -0.398. The van der Waals surface area contributed by atoms with E-state index in [-0.39, 0.29) is 12.5 Å². The molecule has 0 saturated carbocycles. The van der Waals surface area contributed by atoms with Crippen LogP contribution in [0.25, 0.3) is 0 Å². The summed E-state index contributed by atoms with van der Waals surface area (Å²) in [5, 5.41) is 14.8. The van der Waals surface area contributed by atoms with Crippen LogP contribution in [0.4, 0.5) is 11.5 Å². The van der Waals surface area contributed by atoms with Crippen molar-refractivity contribution in [1.82, 2.24) is 9.97 Å². The van der Waals surface area contributed by atoms with Gasteiger partial charge in [0, 0.05) is 12.2 Å². The first kappa shape index (κ1) is 17.3. The molecule has 8 heteroatoms. The molecule has 138 valence electrons. The first-order chi connectivity index (χ1) is 13.7. The van der Waals surface area contributed by atoms with E-state index in [9.17, 15) is 4.79 Å². The summed E-state index contributed by atoms with van der Waals surface area (Å²) in [5.41, 5.74) is 2.17. The van der Waals surface area contributed by atoms with Gasteiger partial charge in [-0.1, -0.05) is 12.1 Å². The van der Waals surface area contributed by atoms with Crippen molar-refractivity contribution in [3.05, 3.63) is 71.7 Å². The molecule has 0 saturated heterocycles. The summed E-state index contributed by atoms with van der Waals surface area (Å²) >= 11 is 0. The van der Waals surface area contributed by atoms with Gasteiger partial charge in [0.15, 0.2) is 11.5 Å². The summed E-state index contributed by atoms with van der Waals surface area (Å²) < 4.78 is 10.6. The molecule has 1 amide bonds. The Hall–Kier alpha value is -4.12. The number of ether oxygens (including phenoxy) is 2. The first-order valence-corrected chi connectivity index (χ1v) is 8.47. The SMILES string of the molecule is N#Cc1cccc(NC(=O)c2cnc(NCc3ccc4c(c3)OCO4)cn2)c1. The highest BCUT2D eigenvalue weighted by Crippen LogP contribution is 2.32. The Bertz CT molecular complexity index is 1060. The van der Waals surface area contributed by atoms with Gasteiger partial charge in [-0.05, 0) is 35.9 Å². The number of nitriles is 1. The number of anilines is 2. The van der Waals surface area contributed by atoms with Gasteiger partial charge in [-0.25, -0.2) is 9.97 Å². The number of amides is 1. The zero-order valence-electron chi connectivity index (χ0n) is 14.7. The van der Waals surface area contributed by atoms with Gasteiger partial charge in [-0.15, -0.1) is 0 Å². The molecule has 2 aromatic carbocycles. The normalized spacial score (nSPS) is 11.5. The van der Waals surface area contributed by atoms with Crippen molar-refractivity contribution < 1.29 is 14.3 Å². The van der Waals surface area contributed by atoms with Crippen LogP contribution in [0.3, 0.4) is 0 Å². The molecule has 0 bridgehead atoms. The molecular formula is C20H15N5O3. The summed E-state index contributed by atoms with van der Waals surface area (Å²) in [4.78, 5) is 20.6. The van der Waals surface area contributed by atoms with Crippen molar-refractivity contribution in [1.29, 1.82) is 5.26 Å². The fourth-order valence-corrected chi connectivity index (χ4v) is 2.64. The van der Waals surface area contributed by atoms with Crippen molar-refractivity contribution in [3.8, 4) is 17.6 Å². The lowest BCUT2D eigenvalue weighted by molar-refractivity contribution is 0.102. The number of carbonyl (C=O) groups excluding carboxylic acids is 1. The number of nitrogens with one attached hydrogen (secondary N) is 2. The minimum Gasteiger partial charge on any atom is -0.454 e. The van der Waals surface area contributed by atoms with E-state index in [1.807, 2.05) is 24.3 Å². The summed E-state index contributed by atoms with van der Waals surface area (Å²) in [6.45, 7) is 0.764. The molecule has 0 fully saturated rings. The third kappa shape index (κ3) is 3.83. The Kier molecular flexibility index (Phi) is 4.72. The van der Waals surface area contributed by atoms with Gasteiger partial charge in [-0.3, -0.25) is 4.79 Å². The van der Waals surface area contributed by atoms with Crippen LogP contribution in [-0.4, -0.2) is 22.7 Å². The van der Waals surface area contributed by atoms with E-state index in [1.54, 1.807) is 24.3 Å². The van der Waals surface area contributed by atoms with Gasteiger partial charge in [0.05, 0.1) is 24.0 Å². The summed E-state index contributed by atoms with van der Waals surface area (Å²) in [6, 6.07) is 14.4. The molecule has 1 aliphatic heterocycles. The summed E-state index contributed by atoms with van der Waals surface area (Å²) in [5.74, 6) is 1.60. The largest absolute Gasteiger partial charge is 0.454 e. The van der Waals surface area contributed by atoms with Crippen molar-refractivity contribution in [2.75, 3.05) is 17.4 Å². The highest BCUT2D eigenvalue weighted by atomic mass is 16.7. The average molecular weight is 373 g/mol. The van der Waals surface area contributed by atoms with E-state index >= 15 is 0 Å². The van der Waals surface area contributed by atoms with Gasteiger partial charge in [0.1, 0.15) is 11.5 Å². The molecular weight excluding hydrogens is 358 g/mol. The van der Waals surface area contributed by atoms with Crippen LogP contribution < -0.4 is 20.1 Å². The van der Waals surface area contributed by atoms with E-state index in [4.69, 9.17) is 14.7 Å². The molecule has 0 radical (unpaired) electrons. The van der Waals surface area contributed by atoms with Gasteiger partial charge in [0.2, 0.25) is 6.79 Å². The highest BCUT2D eigenvalue weighted by Gasteiger charge is 2.13. The first-order valence-electron chi connectivity index (χ1n) is 8.47. The van der Waals surface area contributed by atoms with E-state index in [1.165, 1.54) is 12.4 Å². The number of benzene rings is 2. The Morgan fingerprint density at radius 1 is 1.11 bits per heavy atom. The third-order valence-corrected chi connectivity index (χ3v) is 4.04. The molecule has 0 unspecified atom stereocenters. The predicted octanol–water partition coefficient (Wildman–Crippen LogP) is 2.94. The fraction of sp³-hybridized carbons (Fsp3) is 0.100. The van der Waals surface area contributed by atoms with Crippen molar-refractivity contribution in [3.63, 3.8) is 0 Å². The van der Waals surface area contributed by atoms with Crippen molar-refractivity contribution in [2.45, 2.75) is 6.54 Å². The van der Waals surface area contributed by atoms with E-state index in [2.05, 4.69) is 20.6 Å². The molecule has 0 aliphatic carbocycles. The smallest absolute Gasteiger partial charge is 0.275 e. The van der Waals surface area contributed by atoms with E-state index < -0.39 is 5.91 Å². The van der Waals surface area contributed by atoms with Crippen LogP contribution >= 0.6 is 0 Å². The van der Waals surface area contributed by atoms with Crippen LogP contribution in [0.5, 0.6) is 11.5 Å². The molecule has 4 rings (SSSR count). The van der Waals surface area contributed by atoms with E-state index in [0.717, 1.165) is 17.1 Å². The Morgan fingerprint density at radius 3 is 2.82 bits per heavy atom. The highest BCUT2D eigenvalue weighted by molar-refractivity contribution is 6.02. The molecule has 0 atom stereocenters. The molecule has 2 N–H and O–H groups in total. The number of hydrogen-bond donors (Lipinski definition) is 2. The third-order valence-electron chi connectivity index (χ3n) is 4.04. The quantitative estimate of drug-likeness (QED) is 0.707. The standard InChI is InChI=1S/C20H15N5O3/c21-8-13-2-1-3-15(6-13)25-20(26)16-10-24-19(11-22-16)23-9-14-4-5-17-18(7-14)28-12-27-17/h1-7,10-11H,9,12H2,(H,23,24)(H,25,26). The number of fused-ring (bicyclic) bond motifs is 1. The van der Waals surface area contributed by atoms with Gasteiger partial charge < -0.3 is 20.1 Å². The number of carbonyl (C=O) groups is 1. The van der Waals surface area contributed by atoms with Crippen LogP contribution in [-0.2, 0) is 6.54 Å². The lowest BCUT2D eigenvalue weighted by Crippen LogP contribution is -2.14. The molecule has 1 aromatic heterocycles. The second kappa shape index (κ2) is 7.63. The number of rotatable bonds is 5. The maximum Gasteiger partial charge on any atom is 0.275 e. The maximum absolute atomic E-state index is 12.3. The maximum atomic E-state index is 12.3. The van der Waals surface area contributed by atoms with Crippen LogP contribution in [0, 0.1) is 11.3 Å². The van der Waals surface area contributed by atoms with Crippen molar-refractivity contribution in [2.24, 2.45) is 0 Å².